The molecular weight excluding hydrogens is 322 g/mol. The van der Waals surface area contributed by atoms with E-state index in [0.717, 1.165) is 10.4 Å². The molecule has 3 aromatic rings. The number of benzene rings is 2. The first kappa shape index (κ1) is 12.4. The molecule has 4 heteroatoms. The van der Waals surface area contributed by atoms with E-state index in [0.29, 0.717) is 5.19 Å². The van der Waals surface area contributed by atoms with E-state index in [1.54, 1.807) is 0 Å². The van der Waals surface area contributed by atoms with Crippen LogP contribution in [0.15, 0.2) is 64.6 Å². The minimum atomic E-state index is 0.638. The van der Waals surface area contributed by atoms with Crippen LogP contribution < -0.4 is 4.74 Å². The Morgan fingerprint density at radius 1 is 0.895 bits per heavy atom. The van der Waals surface area contributed by atoms with Crippen LogP contribution in [0.4, 0.5) is 0 Å². The summed E-state index contributed by atoms with van der Waals surface area (Å²) in [6, 6.07) is 18.3. The zero-order valence-electron chi connectivity index (χ0n) is 9.92. The summed E-state index contributed by atoms with van der Waals surface area (Å²) in [4.78, 5) is 4.20. The van der Waals surface area contributed by atoms with E-state index in [4.69, 9.17) is 4.74 Å². The lowest BCUT2D eigenvalue weighted by molar-refractivity contribution is 0.478. The molecule has 0 atom stereocenters. The number of hydrogen-bond acceptors (Lipinski definition) is 3. The highest BCUT2D eigenvalue weighted by Gasteiger charge is 2.03. The van der Waals surface area contributed by atoms with E-state index >= 15 is 0 Å². The van der Waals surface area contributed by atoms with E-state index in [9.17, 15) is 0 Å². The molecule has 0 amide bonds. The van der Waals surface area contributed by atoms with Gasteiger partial charge in [0.1, 0.15) is 10.4 Å². The third-order valence-electron chi connectivity index (χ3n) is 2.62. The van der Waals surface area contributed by atoms with Crippen LogP contribution in [-0.2, 0) is 0 Å². The summed E-state index contributed by atoms with van der Waals surface area (Å²) in [5, 5.41) is 2.53. The van der Waals surface area contributed by atoms with Gasteiger partial charge in [0.05, 0.1) is 0 Å². The molecule has 0 saturated carbocycles. The minimum Gasteiger partial charge on any atom is -0.431 e. The average Bonchev–Trinajstić information content (AvgIpc) is 2.86. The molecule has 0 fully saturated rings. The fraction of sp³-hybridized carbons (Fsp3) is 0. The van der Waals surface area contributed by atoms with Crippen molar-refractivity contribution in [3.05, 3.63) is 64.6 Å². The smallest absolute Gasteiger partial charge is 0.279 e. The van der Waals surface area contributed by atoms with Crippen LogP contribution in [0.5, 0.6) is 10.9 Å². The molecule has 3 rings (SSSR count). The molecule has 0 aliphatic heterocycles. The molecule has 1 heterocycles. The highest BCUT2D eigenvalue weighted by Crippen LogP contribution is 2.29. The largest absolute Gasteiger partial charge is 0.431 e. The molecule has 0 aliphatic carbocycles. The van der Waals surface area contributed by atoms with Crippen molar-refractivity contribution >= 4 is 27.3 Å². The second-order valence-corrected chi connectivity index (χ2v) is 5.56. The van der Waals surface area contributed by atoms with Gasteiger partial charge in [-0.25, -0.2) is 0 Å². The normalized spacial score (nSPS) is 10.4. The third kappa shape index (κ3) is 3.03. The second kappa shape index (κ2) is 5.55. The van der Waals surface area contributed by atoms with Gasteiger partial charge in [-0.05, 0) is 39.2 Å². The third-order valence-corrected chi connectivity index (χ3v) is 4.05. The van der Waals surface area contributed by atoms with Crippen molar-refractivity contribution in [1.82, 2.24) is 4.98 Å². The quantitative estimate of drug-likeness (QED) is 0.644. The number of halogens is 1. The first-order valence-electron chi connectivity index (χ1n) is 5.75. The summed E-state index contributed by atoms with van der Waals surface area (Å²) < 4.78 is 6.47. The van der Waals surface area contributed by atoms with Gasteiger partial charge in [-0.15, -0.1) is 0 Å². The first-order valence-corrected chi connectivity index (χ1v) is 7.43. The highest BCUT2D eigenvalue weighted by atomic mass is 79.9. The minimum absolute atomic E-state index is 0.638. The summed E-state index contributed by atoms with van der Waals surface area (Å²) in [5.74, 6) is 0.793. The van der Waals surface area contributed by atoms with Crippen LogP contribution in [-0.4, -0.2) is 4.98 Å². The maximum absolute atomic E-state index is 5.67. The fourth-order valence-corrected chi connectivity index (χ4v) is 2.84. The molecule has 19 heavy (non-hydrogen) atoms. The van der Waals surface area contributed by atoms with Crippen molar-refractivity contribution < 1.29 is 4.74 Å². The standard InChI is InChI=1S/C15H10BrNOS/c16-14-10-19-15(17-14)18-13-8-6-12(7-9-13)11-4-2-1-3-5-11/h1-10H. The predicted octanol–water partition coefficient (Wildman–Crippen LogP) is 5.36. The number of rotatable bonds is 3. The van der Waals surface area contributed by atoms with Crippen LogP contribution in [0, 0.1) is 0 Å². The van der Waals surface area contributed by atoms with Gasteiger partial charge in [0.2, 0.25) is 0 Å². The highest BCUT2D eigenvalue weighted by molar-refractivity contribution is 9.10. The Kier molecular flexibility index (Phi) is 3.62. The number of aromatic nitrogens is 1. The molecule has 2 nitrogen and oxygen atoms in total. The summed E-state index contributed by atoms with van der Waals surface area (Å²) in [6.45, 7) is 0. The van der Waals surface area contributed by atoms with Crippen molar-refractivity contribution in [1.29, 1.82) is 0 Å². The lowest BCUT2D eigenvalue weighted by Gasteiger charge is -2.04. The molecule has 94 valence electrons. The molecule has 2 aromatic carbocycles. The van der Waals surface area contributed by atoms with Crippen molar-refractivity contribution in [3.8, 4) is 22.1 Å². The molecule has 0 unspecified atom stereocenters. The molecule has 0 N–H and O–H groups in total. The zero-order chi connectivity index (χ0) is 13.1. The van der Waals surface area contributed by atoms with E-state index in [1.807, 2.05) is 47.8 Å². The molecule has 1 aromatic heterocycles. The van der Waals surface area contributed by atoms with Gasteiger partial charge in [-0.2, -0.15) is 4.98 Å². The fourth-order valence-electron chi connectivity index (χ4n) is 1.73. The number of thiazole rings is 1. The summed E-state index contributed by atoms with van der Waals surface area (Å²) in [6.07, 6.45) is 0. The average molecular weight is 332 g/mol. The zero-order valence-corrected chi connectivity index (χ0v) is 12.3. The number of hydrogen-bond donors (Lipinski definition) is 0. The lowest BCUT2D eigenvalue weighted by Crippen LogP contribution is -1.83. The summed E-state index contributed by atoms with van der Waals surface area (Å²) in [5.41, 5.74) is 2.37. The van der Waals surface area contributed by atoms with Crippen molar-refractivity contribution in [2.75, 3.05) is 0 Å². The van der Waals surface area contributed by atoms with Crippen LogP contribution >= 0.6 is 27.3 Å². The molecule has 0 radical (unpaired) electrons. The summed E-state index contributed by atoms with van der Waals surface area (Å²) in [7, 11) is 0. The topological polar surface area (TPSA) is 22.1 Å². The number of ether oxygens (including phenoxy) is 1. The first-order chi connectivity index (χ1) is 9.31. The summed E-state index contributed by atoms with van der Waals surface area (Å²) >= 11 is 4.77. The maximum atomic E-state index is 5.67. The Morgan fingerprint density at radius 3 is 2.21 bits per heavy atom. The molecule has 0 saturated heterocycles. The van der Waals surface area contributed by atoms with Gasteiger partial charge >= 0.3 is 0 Å². The predicted molar refractivity (Wildman–Crippen MR) is 81.8 cm³/mol. The second-order valence-electron chi connectivity index (χ2n) is 3.93. The molecule has 0 aliphatic rings. The van der Waals surface area contributed by atoms with Gasteiger partial charge in [0.25, 0.3) is 5.19 Å². The molecule has 0 bridgehead atoms. The Labute approximate surface area is 123 Å². The van der Waals surface area contributed by atoms with Crippen molar-refractivity contribution in [3.63, 3.8) is 0 Å². The Morgan fingerprint density at radius 2 is 1.58 bits per heavy atom. The SMILES string of the molecule is Brc1csc(Oc2ccc(-c3ccccc3)cc2)n1. The van der Waals surface area contributed by atoms with Gasteiger partial charge in [0.15, 0.2) is 0 Å². The van der Waals surface area contributed by atoms with Gasteiger partial charge in [-0.3, -0.25) is 0 Å². The number of nitrogens with zero attached hydrogens (tertiary/aromatic N) is 1. The van der Waals surface area contributed by atoms with Crippen LogP contribution in [0.25, 0.3) is 11.1 Å². The lowest BCUT2D eigenvalue weighted by atomic mass is 10.1. The van der Waals surface area contributed by atoms with Crippen LogP contribution in [0.1, 0.15) is 0 Å². The maximum Gasteiger partial charge on any atom is 0.279 e. The van der Waals surface area contributed by atoms with E-state index in [1.165, 1.54) is 22.5 Å². The van der Waals surface area contributed by atoms with Gasteiger partial charge < -0.3 is 4.74 Å². The van der Waals surface area contributed by atoms with E-state index in [-0.39, 0.29) is 0 Å². The van der Waals surface area contributed by atoms with E-state index in [2.05, 4.69) is 33.0 Å². The van der Waals surface area contributed by atoms with Crippen LogP contribution in [0.2, 0.25) is 0 Å². The monoisotopic (exact) mass is 331 g/mol. The molecule has 0 spiro atoms. The van der Waals surface area contributed by atoms with Crippen molar-refractivity contribution in [2.45, 2.75) is 0 Å². The Bertz CT molecular complexity index is 664. The van der Waals surface area contributed by atoms with E-state index < -0.39 is 0 Å². The Hall–Kier alpha value is -1.65. The van der Waals surface area contributed by atoms with Crippen LogP contribution in [0.3, 0.4) is 0 Å². The Balaban J connectivity index is 1.79. The molecular formula is C15H10BrNOS. The van der Waals surface area contributed by atoms with Gasteiger partial charge in [-0.1, -0.05) is 53.8 Å². The van der Waals surface area contributed by atoms with Gasteiger partial charge in [0, 0.05) is 5.38 Å². The van der Waals surface area contributed by atoms with Crippen molar-refractivity contribution in [2.24, 2.45) is 0 Å².